The zero-order valence-electron chi connectivity index (χ0n) is 11.2. The molecule has 7 heteroatoms. The Labute approximate surface area is 118 Å². The highest BCUT2D eigenvalue weighted by molar-refractivity contribution is 5.81. The van der Waals surface area contributed by atoms with Crippen LogP contribution >= 0.6 is 0 Å². The second kappa shape index (κ2) is 4.93. The number of rotatable bonds is 1. The first-order valence-corrected chi connectivity index (χ1v) is 6.34. The lowest BCUT2D eigenvalue weighted by Gasteiger charge is -2.21. The lowest BCUT2D eigenvalue weighted by Crippen LogP contribution is -2.40. The fraction of sp³-hybridized carbons (Fsp3) is 0.214. The van der Waals surface area contributed by atoms with Crippen LogP contribution in [0.15, 0.2) is 39.9 Å². The van der Waals surface area contributed by atoms with Crippen molar-refractivity contribution in [2.45, 2.75) is 13.0 Å². The van der Waals surface area contributed by atoms with Crippen molar-refractivity contribution in [2.75, 3.05) is 7.11 Å². The van der Waals surface area contributed by atoms with Gasteiger partial charge in [0.15, 0.2) is 0 Å². The third-order valence-corrected chi connectivity index (χ3v) is 3.28. The zero-order valence-corrected chi connectivity index (χ0v) is 11.2. The maximum Gasteiger partial charge on any atom is 0.514 e. The van der Waals surface area contributed by atoms with Crippen LogP contribution in [0.3, 0.4) is 0 Å². The molecule has 3 rings (SSSR count). The van der Waals surface area contributed by atoms with E-state index in [4.69, 9.17) is 4.74 Å². The molecule has 1 aliphatic heterocycles. The Morgan fingerprint density at radius 2 is 1.81 bits per heavy atom. The van der Waals surface area contributed by atoms with E-state index in [1.165, 1.54) is 11.8 Å². The van der Waals surface area contributed by atoms with Gasteiger partial charge in [-0.15, -0.1) is 0 Å². The Hall–Kier alpha value is -2.83. The summed E-state index contributed by atoms with van der Waals surface area (Å²) in [6.07, 6.45) is 1.11. The molecule has 1 aromatic heterocycles. The maximum atomic E-state index is 12.5. The number of methoxy groups -OCH3 is 1. The van der Waals surface area contributed by atoms with E-state index in [-0.39, 0.29) is 16.8 Å². The number of hydrogen-bond donors (Lipinski definition) is 0. The van der Waals surface area contributed by atoms with Gasteiger partial charge in [-0.3, -0.25) is 9.59 Å². The number of carbonyl (C=O) groups is 1. The third-order valence-electron chi connectivity index (χ3n) is 3.28. The molecule has 0 unspecified atom stereocenters. The molecule has 0 radical (unpaired) electrons. The first kappa shape index (κ1) is 13.2. The van der Waals surface area contributed by atoms with E-state index in [1.807, 2.05) is 0 Å². The van der Waals surface area contributed by atoms with Crippen molar-refractivity contribution in [2.24, 2.45) is 0 Å². The van der Waals surface area contributed by atoms with Gasteiger partial charge in [-0.05, 0) is 24.6 Å². The van der Waals surface area contributed by atoms with Crippen LogP contribution in [0.2, 0.25) is 0 Å². The Morgan fingerprint density at radius 1 is 1.14 bits per heavy atom. The van der Waals surface area contributed by atoms with E-state index >= 15 is 0 Å². The average molecular weight is 288 g/mol. The van der Waals surface area contributed by atoms with Gasteiger partial charge in [0.05, 0.1) is 17.9 Å². The summed E-state index contributed by atoms with van der Waals surface area (Å²) in [6, 6.07) is 6.54. The molecule has 108 valence electrons. The summed E-state index contributed by atoms with van der Waals surface area (Å²) in [7, 11) is 1.17. The average Bonchev–Trinajstić information content (AvgIpc) is 2.52. The summed E-state index contributed by atoms with van der Waals surface area (Å²) < 4.78 is 11.7. The van der Waals surface area contributed by atoms with E-state index < -0.39 is 11.7 Å². The van der Waals surface area contributed by atoms with Gasteiger partial charge in [0.2, 0.25) is 5.88 Å². The van der Waals surface area contributed by atoms with Crippen molar-refractivity contribution in [3.05, 3.63) is 51.0 Å². The number of hydrogen-bond acceptors (Lipinski definition) is 5. The summed E-state index contributed by atoms with van der Waals surface area (Å²) in [5.41, 5.74) is -0.718. The maximum absolute atomic E-state index is 12.5. The topological polar surface area (TPSA) is 79.5 Å². The summed E-state index contributed by atoms with van der Waals surface area (Å²) in [6.45, 7) is 0.340. The fourth-order valence-electron chi connectivity index (χ4n) is 2.34. The van der Waals surface area contributed by atoms with Gasteiger partial charge >= 0.3 is 6.16 Å². The molecule has 0 spiro atoms. The van der Waals surface area contributed by atoms with E-state index in [0.29, 0.717) is 18.4 Å². The predicted octanol–water partition coefficient (Wildman–Crippen LogP) is 1.15. The smallest absolute Gasteiger partial charge is 0.437 e. The quantitative estimate of drug-likeness (QED) is 0.735. The number of carbonyl (C=O) groups excluding carboxylic acids is 1. The zero-order chi connectivity index (χ0) is 15.0. The number of nitrogens with zero attached hydrogens (tertiary/aromatic N) is 2. The SMILES string of the molecule is COC(=O)OC1=CCCn2c(=O)c3ccccc3c(=O)n21. The number of allylic oxidation sites excluding steroid dienone is 1. The highest BCUT2D eigenvalue weighted by Crippen LogP contribution is 2.14. The van der Waals surface area contributed by atoms with Crippen LogP contribution in [0.25, 0.3) is 16.7 Å². The van der Waals surface area contributed by atoms with Crippen molar-refractivity contribution < 1.29 is 14.3 Å². The molecule has 0 saturated heterocycles. The summed E-state index contributed by atoms with van der Waals surface area (Å²) in [5.74, 6) is -0.0130. The van der Waals surface area contributed by atoms with Crippen molar-refractivity contribution in [1.82, 2.24) is 9.36 Å². The van der Waals surface area contributed by atoms with Crippen LogP contribution in [-0.2, 0) is 16.0 Å². The second-order valence-electron chi connectivity index (χ2n) is 4.48. The predicted molar refractivity (Wildman–Crippen MR) is 74.8 cm³/mol. The number of aromatic nitrogens is 2. The van der Waals surface area contributed by atoms with Crippen LogP contribution in [0.4, 0.5) is 4.79 Å². The van der Waals surface area contributed by atoms with E-state index in [1.54, 1.807) is 30.3 Å². The molecule has 7 nitrogen and oxygen atoms in total. The molecule has 0 fully saturated rings. The number of benzene rings is 1. The molecule has 0 bridgehead atoms. The molecule has 1 aliphatic rings. The molecule has 21 heavy (non-hydrogen) atoms. The molecule has 0 aliphatic carbocycles. The van der Waals surface area contributed by atoms with E-state index in [9.17, 15) is 14.4 Å². The molecule has 0 atom stereocenters. The Balaban J connectivity index is 2.30. The van der Waals surface area contributed by atoms with Crippen LogP contribution in [0.1, 0.15) is 6.42 Å². The monoisotopic (exact) mass is 288 g/mol. The highest BCUT2D eigenvalue weighted by Gasteiger charge is 2.21. The molecule has 0 N–H and O–H groups in total. The summed E-state index contributed by atoms with van der Waals surface area (Å²) in [4.78, 5) is 36.2. The minimum Gasteiger partial charge on any atom is -0.437 e. The molecule has 1 aromatic carbocycles. The standard InChI is InChI=1S/C14H12N2O5/c1-20-14(19)21-11-7-4-8-15-12(17)9-5-2-3-6-10(9)13(18)16(11)15/h2-3,5-7H,4,8H2,1H3. The largest absolute Gasteiger partial charge is 0.514 e. The number of ether oxygens (including phenoxy) is 2. The summed E-state index contributed by atoms with van der Waals surface area (Å²) >= 11 is 0. The minimum absolute atomic E-state index is 0.0130. The van der Waals surface area contributed by atoms with Crippen molar-refractivity contribution >= 4 is 22.8 Å². The normalized spacial score (nSPS) is 13.5. The van der Waals surface area contributed by atoms with Crippen molar-refractivity contribution in [1.29, 1.82) is 0 Å². The fourth-order valence-corrected chi connectivity index (χ4v) is 2.34. The molecular formula is C14H12N2O5. The first-order chi connectivity index (χ1) is 10.1. The van der Waals surface area contributed by atoms with Crippen LogP contribution < -0.4 is 11.1 Å². The molecular weight excluding hydrogens is 276 g/mol. The lowest BCUT2D eigenvalue weighted by atomic mass is 10.2. The van der Waals surface area contributed by atoms with Crippen molar-refractivity contribution in [3.63, 3.8) is 0 Å². The van der Waals surface area contributed by atoms with Gasteiger partial charge in [-0.2, -0.15) is 4.68 Å². The first-order valence-electron chi connectivity index (χ1n) is 6.34. The van der Waals surface area contributed by atoms with Gasteiger partial charge in [0.25, 0.3) is 11.1 Å². The van der Waals surface area contributed by atoms with Gasteiger partial charge in [-0.1, -0.05) is 12.1 Å². The van der Waals surface area contributed by atoms with Gasteiger partial charge in [0.1, 0.15) is 0 Å². The summed E-state index contributed by atoms with van der Waals surface area (Å²) in [5, 5.41) is 0.623. The van der Waals surface area contributed by atoms with Crippen molar-refractivity contribution in [3.8, 4) is 0 Å². The molecule has 2 heterocycles. The van der Waals surface area contributed by atoms with Gasteiger partial charge in [-0.25, -0.2) is 9.48 Å². The highest BCUT2D eigenvalue weighted by atomic mass is 16.7. The minimum atomic E-state index is -0.942. The molecule has 2 aromatic rings. The number of fused-ring (bicyclic) bond motifs is 2. The molecule has 0 amide bonds. The second-order valence-corrected chi connectivity index (χ2v) is 4.48. The Bertz CT molecular complexity index is 875. The molecule has 0 saturated carbocycles. The van der Waals surface area contributed by atoms with E-state index in [0.717, 1.165) is 4.68 Å². The Morgan fingerprint density at radius 3 is 2.48 bits per heavy atom. The van der Waals surface area contributed by atoms with Crippen LogP contribution in [-0.4, -0.2) is 22.6 Å². The Kier molecular flexibility index (Phi) is 3.09. The van der Waals surface area contributed by atoms with Gasteiger partial charge < -0.3 is 9.47 Å². The van der Waals surface area contributed by atoms with Gasteiger partial charge in [0, 0.05) is 6.54 Å². The third kappa shape index (κ3) is 2.03. The van der Waals surface area contributed by atoms with E-state index in [2.05, 4.69) is 4.74 Å². The van der Waals surface area contributed by atoms with Crippen LogP contribution in [0.5, 0.6) is 0 Å². The lowest BCUT2D eigenvalue weighted by molar-refractivity contribution is 0.106. The van der Waals surface area contributed by atoms with Crippen LogP contribution in [0, 0.1) is 0 Å².